The second-order valence-electron chi connectivity index (χ2n) is 5.30. The van der Waals surface area contributed by atoms with Crippen LogP contribution >= 0.6 is 15.9 Å². The van der Waals surface area contributed by atoms with Crippen LogP contribution in [0.4, 0.5) is 0 Å². The molecule has 1 aromatic rings. The minimum Gasteiger partial charge on any atom is -0.373 e. The Kier molecular flexibility index (Phi) is 8.28. The smallest absolute Gasteiger partial charge is 0.373 e. The summed E-state index contributed by atoms with van der Waals surface area (Å²) in [7, 11) is -2.92. The van der Waals surface area contributed by atoms with Crippen LogP contribution in [-0.2, 0) is 18.3 Å². The molecule has 0 saturated heterocycles. The molecule has 2 unspecified atom stereocenters. The van der Waals surface area contributed by atoms with Crippen LogP contribution in [0.25, 0.3) is 0 Å². The molecule has 5 heteroatoms. The van der Waals surface area contributed by atoms with E-state index >= 15 is 0 Å². The summed E-state index contributed by atoms with van der Waals surface area (Å²) in [5.74, 6) is 0. The van der Waals surface area contributed by atoms with Gasteiger partial charge in [-0.25, -0.2) is 0 Å². The second-order valence-corrected chi connectivity index (χ2v) is 9.42. The first-order valence-electron chi connectivity index (χ1n) is 8.13. The number of benzene rings is 1. The van der Waals surface area contributed by atoms with E-state index < -0.39 is 8.80 Å². The van der Waals surface area contributed by atoms with E-state index in [1.54, 1.807) is 0 Å². The van der Waals surface area contributed by atoms with Crippen LogP contribution in [0.2, 0.25) is 0 Å². The molecule has 0 radical (unpaired) electrons. The Morgan fingerprint density at radius 1 is 0.955 bits per heavy atom. The third-order valence-corrected chi connectivity index (χ3v) is 9.90. The van der Waals surface area contributed by atoms with E-state index in [9.17, 15) is 0 Å². The maximum atomic E-state index is 6.22. The van der Waals surface area contributed by atoms with E-state index in [0.717, 1.165) is 6.42 Å². The summed E-state index contributed by atoms with van der Waals surface area (Å²) >= 11 is 3.88. The fourth-order valence-corrected chi connectivity index (χ4v) is 7.39. The molecule has 0 aliphatic carbocycles. The zero-order chi connectivity index (χ0) is 16.6. The zero-order valence-electron chi connectivity index (χ0n) is 14.4. The quantitative estimate of drug-likeness (QED) is 0.429. The first-order valence-corrected chi connectivity index (χ1v) is 10.8. The van der Waals surface area contributed by atoms with Gasteiger partial charge in [0.25, 0.3) is 0 Å². The van der Waals surface area contributed by atoms with Crippen LogP contribution in [0.1, 0.15) is 46.6 Å². The van der Waals surface area contributed by atoms with E-state index in [4.69, 9.17) is 13.3 Å². The molecule has 0 fully saturated rings. The first-order chi connectivity index (χ1) is 10.5. The summed E-state index contributed by atoms with van der Waals surface area (Å²) in [5, 5.41) is -0.342. The summed E-state index contributed by atoms with van der Waals surface area (Å²) in [4.78, 5) is 0.207. The van der Waals surface area contributed by atoms with Gasteiger partial charge in [0.05, 0.1) is 5.04 Å². The molecule has 0 N–H and O–H groups in total. The Balaban J connectivity index is 3.49. The highest BCUT2D eigenvalue weighted by atomic mass is 79.9. The molecule has 0 aliphatic heterocycles. The predicted octanol–water partition coefficient (Wildman–Crippen LogP) is 4.71. The fraction of sp³-hybridized carbons (Fsp3) is 0.647. The van der Waals surface area contributed by atoms with Crippen molar-refractivity contribution in [1.29, 1.82) is 0 Å². The molecule has 0 spiro atoms. The Bertz CT molecular complexity index is 412. The third-order valence-electron chi connectivity index (χ3n) is 4.00. The van der Waals surface area contributed by atoms with Crippen molar-refractivity contribution in [1.82, 2.24) is 0 Å². The van der Waals surface area contributed by atoms with E-state index in [2.05, 4.69) is 54.0 Å². The molecule has 0 saturated carbocycles. The highest BCUT2D eigenvalue weighted by Gasteiger charge is 2.61. The highest BCUT2D eigenvalue weighted by Crippen LogP contribution is 2.43. The van der Waals surface area contributed by atoms with E-state index in [1.807, 2.05) is 26.8 Å². The van der Waals surface area contributed by atoms with E-state index in [0.29, 0.717) is 19.8 Å². The molecular weight excluding hydrogens is 360 g/mol. The van der Waals surface area contributed by atoms with Crippen LogP contribution in [-0.4, -0.2) is 33.5 Å². The maximum absolute atomic E-state index is 6.22. The number of halogens is 1. The lowest BCUT2D eigenvalue weighted by atomic mass is 9.95. The van der Waals surface area contributed by atoms with Crippen molar-refractivity contribution in [2.75, 3.05) is 19.8 Å². The van der Waals surface area contributed by atoms with E-state index in [-0.39, 0.29) is 9.87 Å². The van der Waals surface area contributed by atoms with Crippen molar-refractivity contribution in [3.05, 3.63) is 35.9 Å². The van der Waals surface area contributed by atoms with Gasteiger partial charge in [-0.1, -0.05) is 53.2 Å². The molecule has 1 rings (SSSR count). The first kappa shape index (κ1) is 19.8. The highest BCUT2D eigenvalue weighted by molar-refractivity contribution is 9.09. The number of hydrogen-bond donors (Lipinski definition) is 0. The Morgan fingerprint density at radius 3 is 1.77 bits per heavy atom. The van der Waals surface area contributed by atoms with Gasteiger partial charge in [0.15, 0.2) is 0 Å². The fourth-order valence-electron chi connectivity index (χ4n) is 2.89. The average Bonchev–Trinajstić information content (AvgIpc) is 2.54. The summed E-state index contributed by atoms with van der Waals surface area (Å²) in [6, 6.07) is 10.4. The lowest BCUT2D eigenvalue weighted by molar-refractivity contribution is 0.0459. The Morgan fingerprint density at radius 2 is 1.41 bits per heavy atom. The van der Waals surface area contributed by atoms with Gasteiger partial charge in [-0.2, -0.15) is 0 Å². The van der Waals surface area contributed by atoms with Crippen LogP contribution in [0.3, 0.4) is 0 Å². The van der Waals surface area contributed by atoms with Gasteiger partial charge in [0.2, 0.25) is 0 Å². The standard InChI is InChI=1S/C17H29BrO3Si/c1-6-16(18)17(5,15-13-11-10-12-14-15)22(19-7-2,20-8-3)21-9-4/h10-14,16H,6-9H2,1-5H3. The summed E-state index contributed by atoms with van der Waals surface area (Å²) in [6.07, 6.45) is 0.966. The van der Waals surface area contributed by atoms with Crippen molar-refractivity contribution < 1.29 is 13.3 Å². The number of hydrogen-bond acceptors (Lipinski definition) is 3. The van der Waals surface area contributed by atoms with Gasteiger partial charge in [-0.3, -0.25) is 0 Å². The van der Waals surface area contributed by atoms with Crippen molar-refractivity contribution in [3.8, 4) is 0 Å². The van der Waals surface area contributed by atoms with Gasteiger partial charge >= 0.3 is 8.80 Å². The van der Waals surface area contributed by atoms with Crippen LogP contribution < -0.4 is 0 Å². The van der Waals surface area contributed by atoms with Gasteiger partial charge < -0.3 is 13.3 Å². The largest absolute Gasteiger partial charge is 0.512 e. The van der Waals surface area contributed by atoms with Gasteiger partial charge in [-0.15, -0.1) is 0 Å². The van der Waals surface area contributed by atoms with Gasteiger partial charge in [-0.05, 0) is 39.7 Å². The normalized spacial score (nSPS) is 16.3. The molecule has 1 aromatic carbocycles. The van der Waals surface area contributed by atoms with Crippen molar-refractivity contribution in [2.45, 2.75) is 50.9 Å². The van der Waals surface area contributed by atoms with Gasteiger partial charge in [0, 0.05) is 24.6 Å². The number of alkyl halides is 1. The molecule has 2 atom stereocenters. The monoisotopic (exact) mass is 388 g/mol. The Labute approximate surface area is 144 Å². The second kappa shape index (κ2) is 9.18. The lowest BCUT2D eigenvalue weighted by Crippen LogP contribution is -2.65. The predicted molar refractivity (Wildman–Crippen MR) is 97.4 cm³/mol. The molecule has 22 heavy (non-hydrogen) atoms. The molecule has 0 amide bonds. The summed E-state index contributed by atoms with van der Waals surface area (Å²) in [6.45, 7) is 12.1. The minimum atomic E-state index is -2.92. The Hall–Kier alpha value is -0.203. The molecule has 0 bridgehead atoms. The molecule has 0 aromatic heterocycles. The SMILES string of the molecule is CCO[Si](OCC)(OCC)C(C)(c1ccccc1)C(Br)CC. The van der Waals surface area contributed by atoms with Crippen LogP contribution in [0.5, 0.6) is 0 Å². The summed E-state index contributed by atoms with van der Waals surface area (Å²) in [5.41, 5.74) is 1.20. The molecule has 0 heterocycles. The minimum absolute atomic E-state index is 0.207. The van der Waals surface area contributed by atoms with Gasteiger partial charge in [0.1, 0.15) is 0 Å². The van der Waals surface area contributed by atoms with E-state index in [1.165, 1.54) is 5.56 Å². The van der Waals surface area contributed by atoms with Crippen molar-refractivity contribution in [3.63, 3.8) is 0 Å². The molecule has 0 aliphatic rings. The molecule has 3 nitrogen and oxygen atoms in total. The molecular formula is C17H29BrO3Si. The zero-order valence-corrected chi connectivity index (χ0v) is 17.0. The van der Waals surface area contributed by atoms with Crippen molar-refractivity contribution >= 4 is 24.7 Å². The third kappa shape index (κ3) is 3.82. The topological polar surface area (TPSA) is 27.7 Å². The average molecular weight is 389 g/mol. The maximum Gasteiger partial charge on any atom is 0.512 e. The number of rotatable bonds is 10. The summed E-state index contributed by atoms with van der Waals surface area (Å²) < 4.78 is 18.7. The van der Waals surface area contributed by atoms with Crippen molar-refractivity contribution in [2.24, 2.45) is 0 Å². The van der Waals surface area contributed by atoms with Crippen LogP contribution in [0, 0.1) is 0 Å². The molecule has 126 valence electrons. The van der Waals surface area contributed by atoms with Crippen LogP contribution in [0.15, 0.2) is 30.3 Å². The lowest BCUT2D eigenvalue weighted by Gasteiger charge is -2.46.